The van der Waals surface area contributed by atoms with Crippen LogP contribution in [0.2, 0.25) is 0 Å². The summed E-state index contributed by atoms with van der Waals surface area (Å²) in [5.41, 5.74) is 5.10. The van der Waals surface area contributed by atoms with Gasteiger partial charge in [-0.25, -0.2) is 0 Å². The molecule has 0 aromatic heterocycles. The molecule has 0 rings (SSSR count). The van der Waals surface area contributed by atoms with Crippen molar-refractivity contribution in [3.05, 3.63) is 0 Å². The van der Waals surface area contributed by atoms with Crippen molar-refractivity contribution in [2.45, 2.75) is 30.8 Å². The summed E-state index contributed by atoms with van der Waals surface area (Å²) in [6, 6.07) is 0. The molecule has 0 aromatic rings. The third-order valence-electron chi connectivity index (χ3n) is 1.96. The Morgan fingerprint density at radius 1 is 1.07 bits per heavy atom. The number of rotatable bonds is 7. The van der Waals surface area contributed by atoms with Gasteiger partial charge in [-0.2, -0.15) is 0 Å². The summed E-state index contributed by atoms with van der Waals surface area (Å²) in [6.07, 6.45) is -6.79. The highest BCUT2D eigenvalue weighted by atomic mass is 16.4. The fraction of sp³-hybridized carbons (Fsp3) is 0.875. The lowest BCUT2D eigenvalue weighted by Crippen LogP contribution is -2.46. The van der Waals surface area contributed by atoms with Crippen molar-refractivity contribution in [1.29, 1.82) is 0 Å². The average Bonchev–Trinajstić information content (AvgIpc) is 2.25. The highest BCUT2D eigenvalue weighted by Crippen LogP contribution is 2.05. The van der Waals surface area contributed by atoms with E-state index in [1.54, 1.807) is 0 Å². The van der Waals surface area contributed by atoms with E-state index >= 15 is 0 Å². The van der Waals surface area contributed by atoms with Crippen molar-refractivity contribution < 1.29 is 30.3 Å². The first-order valence-electron chi connectivity index (χ1n) is 4.52. The van der Waals surface area contributed by atoms with Gasteiger partial charge in [-0.1, -0.05) is 0 Å². The summed E-state index contributed by atoms with van der Waals surface area (Å²) in [4.78, 5) is 11.2. The van der Waals surface area contributed by atoms with E-state index in [2.05, 4.69) is 0 Å². The molecule has 0 heterocycles. The standard InChI is InChI=1S/C8H17NO6/c9-2-1-4(11)6(13)8(15)7(14)5(12)3-10/h4-7,10-14H,1-3,9H2/t4?,5-,6-,7-/m1/s1. The maximum absolute atomic E-state index is 11.2. The van der Waals surface area contributed by atoms with Gasteiger partial charge >= 0.3 is 0 Å². The molecule has 1 unspecified atom stereocenters. The van der Waals surface area contributed by atoms with Gasteiger partial charge in [0.1, 0.15) is 18.3 Å². The predicted molar refractivity (Wildman–Crippen MR) is 49.8 cm³/mol. The molecule has 0 aliphatic carbocycles. The molecule has 0 radical (unpaired) electrons. The van der Waals surface area contributed by atoms with Crippen LogP contribution in [0.4, 0.5) is 0 Å². The molecule has 0 aliphatic rings. The monoisotopic (exact) mass is 223 g/mol. The molecule has 0 aliphatic heterocycles. The van der Waals surface area contributed by atoms with Gasteiger partial charge in [0.25, 0.3) is 0 Å². The van der Waals surface area contributed by atoms with Crippen LogP contribution < -0.4 is 5.73 Å². The lowest BCUT2D eigenvalue weighted by Gasteiger charge is -2.21. The Morgan fingerprint density at radius 2 is 1.53 bits per heavy atom. The molecule has 0 amide bonds. The Balaban J connectivity index is 4.30. The minimum Gasteiger partial charge on any atom is -0.394 e. The van der Waals surface area contributed by atoms with Crippen molar-refractivity contribution in [2.75, 3.05) is 13.2 Å². The fourth-order valence-corrected chi connectivity index (χ4v) is 0.983. The maximum Gasteiger partial charge on any atom is 0.195 e. The molecule has 0 bridgehead atoms. The van der Waals surface area contributed by atoms with Crippen molar-refractivity contribution in [3.63, 3.8) is 0 Å². The molecule has 0 aromatic carbocycles. The van der Waals surface area contributed by atoms with E-state index in [0.717, 1.165) is 0 Å². The van der Waals surface area contributed by atoms with Gasteiger partial charge in [-0.05, 0) is 13.0 Å². The highest BCUT2D eigenvalue weighted by molar-refractivity contribution is 5.88. The second-order valence-corrected chi connectivity index (χ2v) is 3.19. The molecule has 7 N–H and O–H groups in total. The summed E-state index contributed by atoms with van der Waals surface area (Å²) in [5.74, 6) is -1.14. The lowest BCUT2D eigenvalue weighted by atomic mass is 10.00. The SMILES string of the molecule is NCCC(O)[C@@H](O)C(=O)[C@H](O)[C@H](O)CO. The molecule has 4 atom stereocenters. The molecule has 15 heavy (non-hydrogen) atoms. The van der Waals surface area contributed by atoms with Crippen LogP contribution in [-0.2, 0) is 4.79 Å². The summed E-state index contributed by atoms with van der Waals surface area (Å²) < 4.78 is 0. The number of carbonyl (C=O) groups excluding carboxylic acids is 1. The second kappa shape index (κ2) is 6.83. The summed E-state index contributed by atoms with van der Waals surface area (Å²) in [6.45, 7) is -0.739. The number of nitrogens with two attached hydrogens (primary N) is 1. The summed E-state index contributed by atoms with van der Waals surface area (Å²) in [7, 11) is 0. The summed E-state index contributed by atoms with van der Waals surface area (Å²) in [5, 5.41) is 44.9. The van der Waals surface area contributed by atoms with Crippen molar-refractivity contribution >= 4 is 5.78 Å². The largest absolute Gasteiger partial charge is 0.394 e. The van der Waals surface area contributed by atoms with Crippen LogP contribution in [0.5, 0.6) is 0 Å². The van der Waals surface area contributed by atoms with E-state index in [1.807, 2.05) is 0 Å². The van der Waals surface area contributed by atoms with Gasteiger partial charge < -0.3 is 31.3 Å². The molecule has 0 saturated heterocycles. The topological polar surface area (TPSA) is 144 Å². The van der Waals surface area contributed by atoms with E-state index in [1.165, 1.54) is 0 Å². The van der Waals surface area contributed by atoms with E-state index in [0.29, 0.717) is 0 Å². The average molecular weight is 223 g/mol. The molecule has 0 spiro atoms. The predicted octanol–water partition coefficient (Wildman–Crippen LogP) is -3.66. The Hall–Kier alpha value is -0.570. The molecular formula is C8H17NO6. The summed E-state index contributed by atoms with van der Waals surface area (Å²) >= 11 is 0. The second-order valence-electron chi connectivity index (χ2n) is 3.19. The molecule has 90 valence electrons. The third kappa shape index (κ3) is 4.20. The highest BCUT2D eigenvalue weighted by Gasteiger charge is 2.32. The van der Waals surface area contributed by atoms with Crippen LogP contribution in [0.3, 0.4) is 0 Å². The minimum atomic E-state index is -1.92. The van der Waals surface area contributed by atoms with E-state index in [4.69, 9.17) is 21.1 Å². The third-order valence-corrected chi connectivity index (χ3v) is 1.96. The van der Waals surface area contributed by atoms with Gasteiger partial charge in [0, 0.05) is 0 Å². The van der Waals surface area contributed by atoms with E-state index in [9.17, 15) is 15.0 Å². The van der Waals surface area contributed by atoms with Crippen LogP contribution in [0.25, 0.3) is 0 Å². The normalized spacial score (nSPS) is 19.3. The zero-order valence-electron chi connectivity index (χ0n) is 8.15. The number of hydrogen-bond donors (Lipinski definition) is 6. The number of aliphatic hydroxyl groups excluding tert-OH is 5. The van der Waals surface area contributed by atoms with Crippen molar-refractivity contribution in [1.82, 2.24) is 0 Å². The van der Waals surface area contributed by atoms with Gasteiger partial charge in [0.15, 0.2) is 5.78 Å². The van der Waals surface area contributed by atoms with Crippen LogP contribution in [0, 0.1) is 0 Å². The molecule has 7 nitrogen and oxygen atoms in total. The Bertz CT molecular complexity index is 200. The first-order valence-corrected chi connectivity index (χ1v) is 4.52. The molecule has 0 saturated carbocycles. The fourth-order valence-electron chi connectivity index (χ4n) is 0.983. The minimum absolute atomic E-state index is 0.00511. The number of ketones is 1. The first-order chi connectivity index (χ1) is 6.95. The first kappa shape index (κ1) is 14.4. The van der Waals surface area contributed by atoms with Crippen LogP contribution in [0.1, 0.15) is 6.42 Å². The molecule has 7 heteroatoms. The smallest absolute Gasteiger partial charge is 0.195 e. The maximum atomic E-state index is 11.2. The van der Waals surface area contributed by atoms with Crippen LogP contribution in [-0.4, -0.2) is 68.9 Å². The molecular weight excluding hydrogens is 206 g/mol. The quantitative estimate of drug-likeness (QED) is 0.261. The van der Waals surface area contributed by atoms with Gasteiger partial charge in [-0.3, -0.25) is 4.79 Å². The Labute approximate surface area is 86.8 Å². The van der Waals surface area contributed by atoms with Gasteiger partial charge in [0.05, 0.1) is 12.7 Å². The van der Waals surface area contributed by atoms with Crippen LogP contribution >= 0.6 is 0 Å². The Morgan fingerprint density at radius 3 is 1.93 bits per heavy atom. The van der Waals surface area contributed by atoms with Crippen molar-refractivity contribution in [2.24, 2.45) is 5.73 Å². The van der Waals surface area contributed by atoms with E-state index in [-0.39, 0.29) is 13.0 Å². The number of aliphatic hydroxyl groups is 5. The number of carbonyl (C=O) groups is 1. The van der Waals surface area contributed by atoms with Gasteiger partial charge in [0.2, 0.25) is 0 Å². The zero-order chi connectivity index (χ0) is 12.0. The van der Waals surface area contributed by atoms with Crippen LogP contribution in [0.15, 0.2) is 0 Å². The van der Waals surface area contributed by atoms with Crippen molar-refractivity contribution in [3.8, 4) is 0 Å². The Kier molecular flexibility index (Phi) is 6.57. The van der Waals surface area contributed by atoms with Gasteiger partial charge in [-0.15, -0.1) is 0 Å². The molecule has 0 fully saturated rings. The lowest BCUT2D eigenvalue weighted by molar-refractivity contribution is -0.148. The van der Waals surface area contributed by atoms with E-state index < -0.39 is 36.8 Å². The zero-order valence-corrected chi connectivity index (χ0v) is 8.15. The number of Topliss-reactive ketones (excluding diaryl/α,β-unsaturated/α-hetero) is 1. The number of hydrogen-bond acceptors (Lipinski definition) is 7.